The third-order valence-electron chi connectivity index (χ3n) is 10.6. The molecule has 1 heterocycles. The lowest BCUT2D eigenvalue weighted by Gasteiger charge is -2.47. The molecule has 232 valence electrons. The highest BCUT2D eigenvalue weighted by molar-refractivity contribution is 6.10. The number of allylic oxidation sites excluding steroid dienone is 2. The van der Waals surface area contributed by atoms with Crippen molar-refractivity contribution in [2.24, 2.45) is 17.1 Å². The van der Waals surface area contributed by atoms with Crippen LogP contribution in [0.4, 0.5) is 8.78 Å². The molecule has 2 aromatic carbocycles. The Kier molecular flexibility index (Phi) is 9.21. The minimum Gasteiger partial charge on any atom is -0.393 e. The first-order valence-electron chi connectivity index (χ1n) is 15.6. The maximum Gasteiger partial charge on any atom is 0.220 e. The molecule has 4 unspecified atom stereocenters. The number of hydrogen-bond acceptors (Lipinski definition) is 5. The van der Waals surface area contributed by atoms with Crippen LogP contribution in [0.3, 0.4) is 0 Å². The number of fused-ring (bicyclic) bond motifs is 8. The van der Waals surface area contributed by atoms with Gasteiger partial charge in [-0.15, -0.1) is 0 Å². The zero-order chi connectivity index (χ0) is 30.9. The molecule has 0 spiro atoms. The van der Waals surface area contributed by atoms with E-state index in [1.807, 2.05) is 12.1 Å². The van der Waals surface area contributed by atoms with E-state index < -0.39 is 34.5 Å². The average molecular weight is 595 g/mol. The molecule has 1 aliphatic heterocycles. The maximum absolute atomic E-state index is 14.2. The van der Waals surface area contributed by atoms with E-state index in [-0.39, 0.29) is 23.3 Å². The third kappa shape index (κ3) is 6.47. The van der Waals surface area contributed by atoms with Gasteiger partial charge >= 0.3 is 0 Å². The number of nitrogens with two attached hydrogens (primary N) is 1. The van der Waals surface area contributed by atoms with Gasteiger partial charge in [-0.25, -0.2) is 8.78 Å². The number of carbonyl (C=O) groups is 2. The molecule has 0 aromatic heterocycles. The molecule has 8 heteroatoms. The summed E-state index contributed by atoms with van der Waals surface area (Å²) in [7, 11) is 0. The molecule has 2 bridgehead atoms. The van der Waals surface area contributed by atoms with E-state index in [0.717, 1.165) is 36.1 Å². The number of likely N-dealkylation sites (tertiary alicyclic amines) is 1. The van der Waals surface area contributed by atoms with Crippen molar-refractivity contribution in [3.05, 3.63) is 81.9 Å². The Morgan fingerprint density at radius 2 is 1.77 bits per heavy atom. The molecule has 1 amide bonds. The summed E-state index contributed by atoms with van der Waals surface area (Å²) in [6.07, 6.45) is 7.31. The second-order valence-corrected chi connectivity index (χ2v) is 13.4. The number of nitrogens with zero attached hydrogens (tertiary/aromatic N) is 1. The van der Waals surface area contributed by atoms with Crippen molar-refractivity contribution in [3.63, 3.8) is 0 Å². The number of amides is 1. The number of rotatable bonds is 5. The molecule has 4 atom stereocenters. The van der Waals surface area contributed by atoms with Gasteiger partial charge in [-0.3, -0.25) is 9.59 Å². The summed E-state index contributed by atoms with van der Waals surface area (Å²) >= 11 is 0. The molecule has 6 rings (SSSR count). The number of piperidine rings is 1. The second kappa shape index (κ2) is 12.6. The molecule has 4 aliphatic rings. The van der Waals surface area contributed by atoms with E-state index in [1.54, 1.807) is 6.07 Å². The number of halogens is 2. The van der Waals surface area contributed by atoms with Crippen molar-refractivity contribution in [2.75, 3.05) is 19.6 Å². The first-order valence-corrected chi connectivity index (χ1v) is 15.6. The predicted molar refractivity (Wildman–Crippen MR) is 162 cm³/mol. The largest absolute Gasteiger partial charge is 0.393 e. The van der Waals surface area contributed by atoms with Gasteiger partial charge in [-0.2, -0.15) is 0 Å². The van der Waals surface area contributed by atoms with Gasteiger partial charge in [0.15, 0.2) is 17.4 Å². The summed E-state index contributed by atoms with van der Waals surface area (Å²) in [5, 5.41) is 23.3. The molecule has 3 aliphatic carbocycles. The van der Waals surface area contributed by atoms with E-state index in [0.29, 0.717) is 70.1 Å². The number of carbonyl (C=O) groups excluding carboxylic acids is 2. The maximum atomic E-state index is 14.2. The SMILES string of the molecule is CC1=CCCC2(C)C(CCC2(O)CN2CCC(C(N)=O)CC2)c2ccc(cc2C(=O)c2ccc(F)c(F)c2)CC(O)CC1. The number of ketones is 1. The molecule has 43 heavy (non-hydrogen) atoms. The molecular formula is C35H44F2N2O4. The Morgan fingerprint density at radius 3 is 2.47 bits per heavy atom. The van der Waals surface area contributed by atoms with Gasteiger partial charge in [0.1, 0.15) is 0 Å². The first-order chi connectivity index (χ1) is 20.4. The van der Waals surface area contributed by atoms with Crippen LogP contribution in [-0.2, 0) is 11.2 Å². The van der Waals surface area contributed by atoms with Crippen LogP contribution < -0.4 is 5.73 Å². The molecular weight excluding hydrogens is 550 g/mol. The van der Waals surface area contributed by atoms with Gasteiger partial charge < -0.3 is 20.8 Å². The van der Waals surface area contributed by atoms with Crippen LogP contribution in [0.25, 0.3) is 0 Å². The van der Waals surface area contributed by atoms with Gasteiger partial charge in [0.05, 0.1) is 11.7 Å². The first kappa shape index (κ1) is 31.5. The monoisotopic (exact) mass is 594 g/mol. The van der Waals surface area contributed by atoms with E-state index in [1.165, 1.54) is 11.6 Å². The van der Waals surface area contributed by atoms with Crippen molar-refractivity contribution in [1.82, 2.24) is 4.90 Å². The number of hydrogen-bond donors (Lipinski definition) is 3. The van der Waals surface area contributed by atoms with Gasteiger partial charge in [0.2, 0.25) is 5.91 Å². The van der Waals surface area contributed by atoms with E-state index in [2.05, 4.69) is 24.8 Å². The van der Waals surface area contributed by atoms with Gasteiger partial charge in [-0.1, -0.05) is 30.7 Å². The number of aliphatic hydroxyl groups is 2. The minimum atomic E-state index is -1.08. The van der Waals surface area contributed by atoms with E-state index in [9.17, 15) is 28.6 Å². The lowest BCUT2D eigenvalue weighted by atomic mass is 9.64. The van der Waals surface area contributed by atoms with Crippen LogP contribution in [0.1, 0.15) is 98.2 Å². The van der Waals surface area contributed by atoms with Crippen molar-refractivity contribution in [2.45, 2.75) is 89.3 Å². The fourth-order valence-corrected chi connectivity index (χ4v) is 7.74. The Bertz CT molecular complexity index is 1400. The summed E-state index contributed by atoms with van der Waals surface area (Å²) < 4.78 is 28.0. The lowest BCUT2D eigenvalue weighted by molar-refractivity contribution is -0.124. The summed E-state index contributed by atoms with van der Waals surface area (Å²) in [4.78, 5) is 27.9. The van der Waals surface area contributed by atoms with Crippen LogP contribution in [-0.4, -0.2) is 58.1 Å². The van der Waals surface area contributed by atoms with Crippen LogP contribution >= 0.6 is 0 Å². The molecule has 1 saturated heterocycles. The number of aliphatic hydroxyl groups excluding tert-OH is 1. The molecule has 6 nitrogen and oxygen atoms in total. The lowest BCUT2D eigenvalue weighted by Crippen LogP contribution is -2.54. The molecule has 0 radical (unpaired) electrons. The predicted octanol–water partition coefficient (Wildman–Crippen LogP) is 5.43. The van der Waals surface area contributed by atoms with Crippen LogP contribution in [0.5, 0.6) is 0 Å². The topological polar surface area (TPSA) is 104 Å². The highest BCUT2D eigenvalue weighted by Gasteiger charge is 2.57. The third-order valence-corrected chi connectivity index (χ3v) is 10.6. The smallest absolute Gasteiger partial charge is 0.220 e. The Hall–Kier alpha value is -2.94. The second-order valence-electron chi connectivity index (χ2n) is 13.4. The Morgan fingerprint density at radius 1 is 1.02 bits per heavy atom. The number of primary amides is 1. The van der Waals surface area contributed by atoms with Crippen LogP contribution in [0.15, 0.2) is 48.0 Å². The molecule has 2 fully saturated rings. The van der Waals surface area contributed by atoms with E-state index >= 15 is 0 Å². The fourth-order valence-electron chi connectivity index (χ4n) is 7.74. The summed E-state index contributed by atoms with van der Waals surface area (Å²) in [5.41, 5.74) is 7.16. The standard InChI is InChI=1S/C35H44F2N2O4/c1-22-4-3-14-34(2)29(11-15-35(34,43)21-39-16-12-24(13-17-39)33(38)42)27-9-6-23(18-26(40)8-5-22)19-28(27)32(41)25-7-10-30(36)31(37)20-25/h4,6-7,9-10,19-20,24,26,29,40,43H,3,5,8,11-18,21H2,1-2H3,(H2,38,42). The van der Waals surface area contributed by atoms with Crippen molar-refractivity contribution >= 4 is 11.7 Å². The number of benzene rings is 2. The molecule has 1 saturated carbocycles. The number of β-amino-alcohol motifs (C(OH)–C–C–N with tert-alkyl or cyclic N) is 1. The van der Waals surface area contributed by atoms with Crippen LogP contribution in [0, 0.1) is 23.0 Å². The summed E-state index contributed by atoms with van der Waals surface area (Å²) in [5.74, 6) is -3.07. The van der Waals surface area contributed by atoms with Crippen molar-refractivity contribution in [1.29, 1.82) is 0 Å². The summed E-state index contributed by atoms with van der Waals surface area (Å²) in [6, 6.07) is 8.89. The van der Waals surface area contributed by atoms with Gasteiger partial charge in [-0.05, 0) is 119 Å². The van der Waals surface area contributed by atoms with Crippen molar-refractivity contribution < 1.29 is 28.6 Å². The molecule has 4 N–H and O–H groups in total. The fraction of sp³-hybridized carbons (Fsp3) is 0.543. The average Bonchev–Trinajstić information content (AvgIpc) is 3.22. The van der Waals surface area contributed by atoms with E-state index in [4.69, 9.17) is 5.73 Å². The van der Waals surface area contributed by atoms with Crippen molar-refractivity contribution in [3.8, 4) is 0 Å². The summed E-state index contributed by atoms with van der Waals surface area (Å²) in [6.45, 7) is 6.04. The minimum absolute atomic E-state index is 0.0600. The Labute approximate surface area is 253 Å². The molecule has 2 aromatic rings. The zero-order valence-corrected chi connectivity index (χ0v) is 25.3. The zero-order valence-electron chi connectivity index (χ0n) is 25.3. The quantitative estimate of drug-likeness (QED) is 0.316. The normalized spacial score (nSPS) is 29.1. The highest BCUT2D eigenvalue weighted by Crippen LogP contribution is 2.59. The van der Waals surface area contributed by atoms with Crippen LogP contribution in [0.2, 0.25) is 0 Å². The van der Waals surface area contributed by atoms with Gasteiger partial charge in [0, 0.05) is 29.0 Å². The Balaban J connectivity index is 1.55. The van der Waals surface area contributed by atoms with Gasteiger partial charge in [0.25, 0.3) is 0 Å². The highest BCUT2D eigenvalue weighted by atomic mass is 19.2.